The Hall–Kier alpha value is -1.28. The highest BCUT2D eigenvalue weighted by Gasteiger charge is 2.21. The summed E-state index contributed by atoms with van der Waals surface area (Å²) in [4.78, 5) is 10.9. The Bertz CT molecular complexity index is 349. The molecule has 1 unspecified atom stereocenters. The van der Waals surface area contributed by atoms with Crippen LogP contribution in [0.15, 0.2) is 43.0 Å². The lowest BCUT2D eigenvalue weighted by molar-refractivity contribution is -0.152. The first-order valence-corrected chi connectivity index (χ1v) is 7.10. The lowest BCUT2D eigenvalue weighted by Gasteiger charge is -2.18. The molecule has 1 aliphatic rings. The van der Waals surface area contributed by atoms with E-state index in [1.807, 2.05) is 44.2 Å². The average molecular weight is 283 g/mol. The van der Waals surface area contributed by atoms with Crippen molar-refractivity contribution in [3.8, 4) is 0 Å². The van der Waals surface area contributed by atoms with E-state index in [2.05, 4.69) is 6.58 Å². The van der Waals surface area contributed by atoms with Crippen LogP contribution in [-0.4, -0.2) is 12.6 Å². The number of allylic oxidation sites excluding steroid dienone is 1. The number of ether oxygens (including phenoxy) is 1. The SMILES string of the molecule is C=CCC1CCCOC1=O.CC.Clc1ccccc1. The molecule has 106 valence electrons. The van der Waals surface area contributed by atoms with Gasteiger partial charge in [-0.05, 0) is 31.4 Å². The number of cyclic esters (lactones) is 1. The molecular weight excluding hydrogens is 260 g/mol. The maximum absolute atomic E-state index is 10.9. The van der Waals surface area contributed by atoms with Gasteiger partial charge in [0.25, 0.3) is 0 Å². The first kappa shape index (κ1) is 17.7. The summed E-state index contributed by atoms with van der Waals surface area (Å²) in [7, 11) is 0. The fourth-order valence-electron chi connectivity index (χ4n) is 1.57. The fourth-order valence-corrected chi connectivity index (χ4v) is 1.71. The van der Waals surface area contributed by atoms with E-state index in [0.717, 1.165) is 24.3 Å². The van der Waals surface area contributed by atoms with Crippen molar-refractivity contribution in [2.75, 3.05) is 6.61 Å². The van der Waals surface area contributed by atoms with Gasteiger partial charge in [0.1, 0.15) is 0 Å². The number of halogens is 1. The summed E-state index contributed by atoms with van der Waals surface area (Å²) in [5.41, 5.74) is 0. The molecule has 1 aromatic carbocycles. The van der Waals surface area contributed by atoms with E-state index in [4.69, 9.17) is 16.3 Å². The Morgan fingerprint density at radius 2 is 2.00 bits per heavy atom. The van der Waals surface area contributed by atoms with Gasteiger partial charge in [0.15, 0.2) is 0 Å². The highest BCUT2D eigenvalue weighted by Crippen LogP contribution is 2.18. The number of rotatable bonds is 2. The second-order valence-corrected chi connectivity index (χ2v) is 4.26. The predicted octanol–water partition coefficient (Wildman–Crippen LogP) is 4.88. The molecule has 1 saturated heterocycles. The minimum Gasteiger partial charge on any atom is -0.465 e. The molecule has 3 heteroatoms. The van der Waals surface area contributed by atoms with Gasteiger partial charge in [-0.15, -0.1) is 6.58 Å². The molecule has 1 atom stereocenters. The Balaban J connectivity index is 0.000000316. The normalized spacial score (nSPS) is 17.0. The smallest absolute Gasteiger partial charge is 0.309 e. The highest BCUT2D eigenvalue weighted by molar-refractivity contribution is 6.30. The molecule has 0 bridgehead atoms. The molecule has 0 aliphatic carbocycles. The summed E-state index contributed by atoms with van der Waals surface area (Å²) in [6.45, 7) is 8.19. The van der Waals surface area contributed by atoms with Crippen LogP contribution in [0.1, 0.15) is 33.1 Å². The molecular formula is C16H23ClO2. The van der Waals surface area contributed by atoms with E-state index < -0.39 is 0 Å². The summed E-state index contributed by atoms with van der Waals surface area (Å²) in [6, 6.07) is 9.44. The summed E-state index contributed by atoms with van der Waals surface area (Å²) in [5, 5.41) is 0.794. The molecule has 19 heavy (non-hydrogen) atoms. The van der Waals surface area contributed by atoms with Gasteiger partial charge in [-0.2, -0.15) is 0 Å². The van der Waals surface area contributed by atoms with E-state index >= 15 is 0 Å². The summed E-state index contributed by atoms with van der Waals surface area (Å²) < 4.78 is 4.86. The van der Waals surface area contributed by atoms with Crippen molar-refractivity contribution in [3.63, 3.8) is 0 Å². The predicted molar refractivity (Wildman–Crippen MR) is 81.3 cm³/mol. The minimum atomic E-state index is -0.0499. The summed E-state index contributed by atoms with van der Waals surface area (Å²) in [5.74, 6) is 0.0393. The van der Waals surface area contributed by atoms with E-state index in [1.54, 1.807) is 6.08 Å². The first-order chi connectivity index (χ1) is 9.24. The largest absolute Gasteiger partial charge is 0.465 e. The molecule has 0 aromatic heterocycles. The van der Waals surface area contributed by atoms with Gasteiger partial charge in [0, 0.05) is 5.02 Å². The van der Waals surface area contributed by atoms with Crippen LogP contribution in [0.25, 0.3) is 0 Å². The van der Waals surface area contributed by atoms with Gasteiger partial charge in [-0.1, -0.05) is 49.7 Å². The van der Waals surface area contributed by atoms with Crippen LogP contribution in [0.3, 0.4) is 0 Å². The van der Waals surface area contributed by atoms with Crippen LogP contribution in [0.5, 0.6) is 0 Å². The van der Waals surface area contributed by atoms with Gasteiger partial charge in [0.2, 0.25) is 0 Å². The molecule has 2 nitrogen and oxygen atoms in total. The van der Waals surface area contributed by atoms with Crippen LogP contribution in [0.4, 0.5) is 0 Å². The van der Waals surface area contributed by atoms with Crippen molar-refractivity contribution in [2.24, 2.45) is 5.92 Å². The molecule has 0 radical (unpaired) electrons. The third-order valence-corrected chi connectivity index (χ3v) is 2.71. The second-order valence-electron chi connectivity index (χ2n) is 3.83. The quantitative estimate of drug-likeness (QED) is 0.571. The fraction of sp³-hybridized carbons (Fsp3) is 0.438. The third-order valence-electron chi connectivity index (χ3n) is 2.46. The molecule has 0 N–H and O–H groups in total. The number of carbonyl (C=O) groups excluding carboxylic acids is 1. The number of hydrogen-bond acceptors (Lipinski definition) is 2. The highest BCUT2D eigenvalue weighted by atomic mass is 35.5. The van der Waals surface area contributed by atoms with Gasteiger partial charge in [-0.3, -0.25) is 4.79 Å². The third kappa shape index (κ3) is 8.44. The van der Waals surface area contributed by atoms with Crippen LogP contribution in [0.2, 0.25) is 5.02 Å². The zero-order chi connectivity index (χ0) is 14.5. The summed E-state index contributed by atoms with van der Waals surface area (Å²) in [6.07, 6.45) is 4.51. The molecule has 1 fully saturated rings. The molecule has 1 aromatic rings. The minimum absolute atomic E-state index is 0.0499. The first-order valence-electron chi connectivity index (χ1n) is 6.72. The van der Waals surface area contributed by atoms with E-state index in [0.29, 0.717) is 6.61 Å². The number of esters is 1. The van der Waals surface area contributed by atoms with Gasteiger partial charge < -0.3 is 4.74 Å². The lowest BCUT2D eigenvalue weighted by atomic mass is 9.98. The second kappa shape index (κ2) is 11.8. The molecule has 1 heterocycles. The van der Waals surface area contributed by atoms with Gasteiger partial charge in [0.05, 0.1) is 12.5 Å². The monoisotopic (exact) mass is 282 g/mol. The van der Waals surface area contributed by atoms with E-state index in [9.17, 15) is 4.79 Å². The topological polar surface area (TPSA) is 26.3 Å². The maximum Gasteiger partial charge on any atom is 0.309 e. The van der Waals surface area contributed by atoms with Crippen molar-refractivity contribution >= 4 is 17.6 Å². The Morgan fingerprint density at radius 1 is 1.37 bits per heavy atom. The van der Waals surface area contributed by atoms with Crippen LogP contribution in [0, 0.1) is 5.92 Å². The van der Waals surface area contributed by atoms with E-state index in [-0.39, 0.29) is 11.9 Å². The molecule has 0 amide bonds. The van der Waals surface area contributed by atoms with Crippen LogP contribution >= 0.6 is 11.6 Å². The lowest BCUT2D eigenvalue weighted by Crippen LogP contribution is -2.23. The zero-order valence-corrected chi connectivity index (χ0v) is 12.5. The Kier molecular flexibility index (Phi) is 11.0. The Morgan fingerprint density at radius 3 is 2.42 bits per heavy atom. The maximum atomic E-state index is 10.9. The molecule has 2 rings (SSSR count). The standard InChI is InChI=1S/C8H12O2.C6H5Cl.C2H6/c1-2-4-7-5-3-6-10-8(7)9;7-6-4-2-1-3-5-6;1-2/h2,7H,1,3-6H2;1-5H;1-2H3. The van der Waals surface area contributed by atoms with E-state index in [1.165, 1.54) is 0 Å². The van der Waals surface area contributed by atoms with Crippen molar-refractivity contribution in [1.29, 1.82) is 0 Å². The van der Waals surface area contributed by atoms with Gasteiger partial charge in [-0.25, -0.2) is 0 Å². The van der Waals surface area contributed by atoms with Crippen molar-refractivity contribution < 1.29 is 9.53 Å². The Labute approximate surface area is 121 Å². The molecule has 0 saturated carbocycles. The number of carbonyl (C=O) groups is 1. The average Bonchev–Trinajstić information content (AvgIpc) is 2.45. The van der Waals surface area contributed by atoms with Crippen molar-refractivity contribution in [3.05, 3.63) is 48.0 Å². The molecule has 1 aliphatic heterocycles. The zero-order valence-electron chi connectivity index (χ0n) is 11.8. The van der Waals surface area contributed by atoms with Gasteiger partial charge >= 0.3 is 5.97 Å². The number of hydrogen-bond donors (Lipinski definition) is 0. The van der Waals surface area contributed by atoms with Crippen molar-refractivity contribution in [1.82, 2.24) is 0 Å². The van der Waals surface area contributed by atoms with Crippen LogP contribution in [-0.2, 0) is 9.53 Å². The van der Waals surface area contributed by atoms with Crippen LogP contribution < -0.4 is 0 Å². The number of benzene rings is 1. The van der Waals surface area contributed by atoms with Crippen molar-refractivity contribution in [2.45, 2.75) is 33.1 Å². The molecule has 0 spiro atoms. The summed E-state index contributed by atoms with van der Waals surface area (Å²) >= 11 is 5.54.